The molecule has 0 aromatic carbocycles. The van der Waals surface area contributed by atoms with Crippen LogP contribution in [0.5, 0.6) is 0 Å². The Morgan fingerprint density at radius 3 is 2.31 bits per heavy atom. The van der Waals surface area contributed by atoms with Crippen LogP contribution in [0, 0.1) is 0 Å². The minimum absolute atomic E-state index is 0.0105. The Hall–Kier alpha value is -0.120. The Labute approximate surface area is 101 Å². The molecule has 3 atom stereocenters. The monoisotopic (exact) mass is 228 g/mol. The number of piperidine rings is 1. The number of nitrogens with zero attached hydrogens (tertiary/aromatic N) is 1. The van der Waals surface area contributed by atoms with Gasteiger partial charge >= 0.3 is 0 Å². The second-order valence-electron chi connectivity index (χ2n) is 6.83. The van der Waals surface area contributed by atoms with E-state index < -0.39 is 0 Å². The summed E-state index contributed by atoms with van der Waals surface area (Å²) in [5.41, 5.74) is 12.3. The molecule has 0 aromatic heterocycles. The minimum atomic E-state index is -0.0105. The van der Waals surface area contributed by atoms with Crippen molar-refractivity contribution in [3.8, 4) is 0 Å². The summed E-state index contributed by atoms with van der Waals surface area (Å²) in [6.07, 6.45) is 3.30. The van der Waals surface area contributed by atoms with E-state index in [9.17, 15) is 0 Å². The Balaban J connectivity index is 2.91. The van der Waals surface area contributed by atoms with Crippen molar-refractivity contribution in [2.24, 2.45) is 11.5 Å². The molecule has 3 nitrogen and oxygen atoms in total. The fourth-order valence-electron chi connectivity index (χ4n) is 3.66. The van der Waals surface area contributed by atoms with Gasteiger partial charge in [0.1, 0.15) is 0 Å². The molecule has 0 radical (unpaired) electrons. The molecule has 1 aliphatic heterocycles. The van der Waals surface area contributed by atoms with E-state index in [2.05, 4.69) is 34.7 Å². The van der Waals surface area contributed by atoms with Gasteiger partial charge in [0.2, 0.25) is 0 Å². The quantitative estimate of drug-likeness (QED) is 0.719. The van der Waals surface area contributed by atoms with Crippen LogP contribution in [0.25, 0.3) is 0 Å². The molecule has 0 bridgehead atoms. The van der Waals surface area contributed by atoms with Gasteiger partial charge in [0.15, 0.2) is 0 Å². The van der Waals surface area contributed by atoms with E-state index in [4.69, 9.17) is 11.5 Å². The van der Waals surface area contributed by atoms with Crippen LogP contribution in [-0.2, 0) is 0 Å². The number of nitrogens with two attached hydrogens (primary N) is 2. The SMILES string of the molecule is CC1CC(C)(N)CC(C)(C)[N+]1(C)CCCN. The van der Waals surface area contributed by atoms with Crippen LogP contribution in [0.4, 0.5) is 0 Å². The van der Waals surface area contributed by atoms with E-state index in [-0.39, 0.29) is 11.1 Å². The molecule has 96 valence electrons. The van der Waals surface area contributed by atoms with Gasteiger partial charge in [0, 0.05) is 24.8 Å². The van der Waals surface area contributed by atoms with Gasteiger partial charge in [0.25, 0.3) is 0 Å². The summed E-state index contributed by atoms with van der Waals surface area (Å²) in [5.74, 6) is 0. The second kappa shape index (κ2) is 4.28. The Morgan fingerprint density at radius 1 is 1.31 bits per heavy atom. The Bertz CT molecular complexity index is 248. The van der Waals surface area contributed by atoms with Gasteiger partial charge < -0.3 is 16.0 Å². The molecular formula is C13H30N3+. The third-order valence-corrected chi connectivity index (χ3v) is 4.78. The molecule has 1 fully saturated rings. The van der Waals surface area contributed by atoms with Crippen molar-refractivity contribution in [2.75, 3.05) is 20.1 Å². The standard InChI is InChI=1S/C13H30N3/c1-11-9-13(4,15)10-12(2,3)16(11,5)8-6-7-14/h11H,6-10,14-15H2,1-5H3/q+1. The van der Waals surface area contributed by atoms with Crippen molar-refractivity contribution in [2.45, 2.75) is 64.1 Å². The molecule has 1 heterocycles. The molecule has 4 N–H and O–H groups in total. The largest absolute Gasteiger partial charge is 0.330 e. The molecule has 0 aliphatic carbocycles. The van der Waals surface area contributed by atoms with Crippen LogP contribution in [0.2, 0.25) is 0 Å². The maximum absolute atomic E-state index is 6.36. The third kappa shape index (κ3) is 2.41. The zero-order chi connectivity index (χ0) is 12.6. The van der Waals surface area contributed by atoms with Crippen molar-refractivity contribution in [3.05, 3.63) is 0 Å². The zero-order valence-corrected chi connectivity index (χ0v) is 11.7. The first-order valence-corrected chi connectivity index (χ1v) is 6.49. The number of likely N-dealkylation sites (tertiary alicyclic amines) is 1. The van der Waals surface area contributed by atoms with E-state index in [1.807, 2.05) is 0 Å². The number of rotatable bonds is 3. The lowest BCUT2D eigenvalue weighted by Crippen LogP contribution is -2.71. The Morgan fingerprint density at radius 2 is 1.88 bits per heavy atom. The van der Waals surface area contributed by atoms with Crippen molar-refractivity contribution < 1.29 is 4.48 Å². The Kier molecular flexibility index (Phi) is 3.73. The summed E-state index contributed by atoms with van der Waals surface area (Å²) in [5, 5.41) is 0. The minimum Gasteiger partial charge on any atom is -0.330 e. The highest BCUT2D eigenvalue weighted by Gasteiger charge is 2.52. The molecule has 0 spiro atoms. The van der Waals surface area contributed by atoms with Crippen LogP contribution in [-0.4, -0.2) is 41.7 Å². The lowest BCUT2D eigenvalue weighted by molar-refractivity contribution is -0.982. The highest BCUT2D eigenvalue weighted by Crippen LogP contribution is 2.41. The first-order valence-electron chi connectivity index (χ1n) is 6.49. The van der Waals surface area contributed by atoms with Gasteiger partial charge in [-0.15, -0.1) is 0 Å². The van der Waals surface area contributed by atoms with E-state index >= 15 is 0 Å². The van der Waals surface area contributed by atoms with Crippen LogP contribution < -0.4 is 11.5 Å². The number of hydrogen-bond donors (Lipinski definition) is 2. The van der Waals surface area contributed by atoms with Crippen LogP contribution in [0.15, 0.2) is 0 Å². The van der Waals surface area contributed by atoms with Gasteiger partial charge in [-0.1, -0.05) is 0 Å². The second-order valence-corrected chi connectivity index (χ2v) is 6.83. The molecule has 0 saturated carbocycles. The summed E-state index contributed by atoms with van der Waals surface area (Å²) in [6.45, 7) is 11.2. The number of quaternary nitrogens is 1. The van der Waals surface area contributed by atoms with Crippen molar-refractivity contribution in [3.63, 3.8) is 0 Å². The molecule has 0 aromatic rings. The van der Waals surface area contributed by atoms with Gasteiger partial charge in [-0.2, -0.15) is 0 Å². The third-order valence-electron chi connectivity index (χ3n) is 4.78. The molecular weight excluding hydrogens is 198 g/mol. The molecule has 1 saturated heterocycles. The molecule has 1 rings (SSSR count). The summed E-state index contributed by atoms with van der Waals surface area (Å²) in [6, 6.07) is 0.616. The van der Waals surface area contributed by atoms with Gasteiger partial charge in [-0.05, 0) is 34.2 Å². The zero-order valence-electron chi connectivity index (χ0n) is 11.7. The predicted molar refractivity (Wildman–Crippen MR) is 70.1 cm³/mol. The van der Waals surface area contributed by atoms with Gasteiger partial charge in [-0.25, -0.2) is 0 Å². The smallest absolute Gasteiger partial charge is 0.0953 e. The molecule has 16 heavy (non-hydrogen) atoms. The fraction of sp³-hybridized carbons (Fsp3) is 1.00. The normalized spacial score (nSPS) is 43.3. The van der Waals surface area contributed by atoms with Crippen molar-refractivity contribution in [1.82, 2.24) is 0 Å². The maximum atomic E-state index is 6.36. The topological polar surface area (TPSA) is 52.0 Å². The van der Waals surface area contributed by atoms with E-state index in [0.717, 1.165) is 30.3 Å². The van der Waals surface area contributed by atoms with Gasteiger partial charge in [0.05, 0.1) is 25.2 Å². The molecule has 0 amide bonds. The van der Waals surface area contributed by atoms with Crippen molar-refractivity contribution >= 4 is 0 Å². The molecule has 1 aliphatic rings. The lowest BCUT2D eigenvalue weighted by Gasteiger charge is -2.58. The van der Waals surface area contributed by atoms with E-state index in [1.165, 1.54) is 6.54 Å². The average molecular weight is 228 g/mol. The van der Waals surface area contributed by atoms with Crippen LogP contribution in [0.3, 0.4) is 0 Å². The molecule has 3 unspecified atom stereocenters. The van der Waals surface area contributed by atoms with Crippen LogP contribution in [0.1, 0.15) is 47.0 Å². The summed E-state index contributed by atoms with van der Waals surface area (Å²) in [4.78, 5) is 0. The fourth-order valence-corrected chi connectivity index (χ4v) is 3.66. The lowest BCUT2D eigenvalue weighted by atomic mass is 9.73. The molecule has 3 heteroatoms. The summed E-state index contributed by atoms with van der Waals surface area (Å²) in [7, 11) is 2.37. The first-order chi connectivity index (χ1) is 7.15. The van der Waals surface area contributed by atoms with Crippen molar-refractivity contribution in [1.29, 1.82) is 0 Å². The van der Waals surface area contributed by atoms with Crippen LogP contribution >= 0.6 is 0 Å². The summed E-state index contributed by atoms with van der Waals surface area (Å²) >= 11 is 0. The van der Waals surface area contributed by atoms with E-state index in [0.29, 0.717) is 6.04 Å². The highest BCUT2D eigenvalue weighted by molar-refractivity contribution is 4.94. The highest BCUT2D eigenvalue weighted by atomic mass is 15.4. The first kappa shape index (κ1) is 13.9. The van der Waals surface area contributed by atoms with E-state index in [1.54, 1.807) is 0 Å². The number of hydrogen-bond acceptors (Lipinski definition) is 2. The predicted octanol–water partition coefficient (Wildman–Crippen LogP) is 1.46. The average Bonchev–Trinajstić information content (AvgIpc) is 2.09. The summed E-state index contributed by atoms with van der Waals surface area (Å²) < 4.78 is 1.11. The van der Waals surface area contributed by atoms with Gasteiger partial charge in [-0.3, -0.25) is 0 Å². The maximum Gasteiger partial charge on any atom is 0.0953 e.